The van der Waals surface area contributed by atoms with Gasteiger partial charge in [-0.1, -0.05) is 12.1 Å². The average Bonchev–Trinajstić information content (AvgIpc) is 2.49. The minimum Gasteiger partial charge on any atom is -0.486 e. The predicted molar refractivity (Wildman–Crippen MR) is 81.4 cm³/mol. The summed E-state index contributed by atoms with van der Waals surface area (Å²) in [6.07, 6.45) is -0.0756. The van der Waals surface area contributed by atoms with Crippen LogP contribution in [0.5, 0.6) is 11.5 Å². The molecular formula is C15H16ClN3O2. The Labute approximate surface area is 128 Å². The standard InChI is InChI=1S/C15H16ClN3O2/c1-9-10(2)18-15(16)19-14(9)17-7-11-8-20-12-5-3-4-6-13(12)21-11/h3-6,11H,7-8H2,1-2H3,(H,17,18,19). The van der Waals surface area contributed by atoms with Gasteiger partial charge in [0.05, 0.1) is 6.54 Å². The summed E-state index contributed by atoms with van der Waals surface area (Å²) in [5.74, 6) is 2.28. The zero-order valence-electron chi connectivity index (χ0n) is 11.9. The van der Waals surface area contributed by atoms with Crippen LogP contribution in [-0.4, -0.2) is 29.2 Å². The number of ether oxygens (including phenoxy) is 2. The molecule has 1 aliphatic heterocycles. The molecule has 6 heteroatoms. The van der Waals surface area contributed by atoms with E-state index in [1.807, 2.05) is 38.1 Å². The number of aromatic nitrogens is 2. The van der Waals surface area contributed by atoms with E-state index in [1.54, 1.807) is 0 Å². The fourth-order valence-electron chi connectivity index (χ4n) is 2.14. The second-order valence-corrected chi connectivity index (χ2v) is 5.27. The molecule has 0 fully saturated rings. The molecule has 1 aromatic carbocycles. The molecule has 1 aromatic heterocycles. The summed E-state index contributed by atoms with van der Waals surface area (Å²) in [4.78, 5) is 8.33. The number of benzene rings is 1. The maximum atomic E-state index is 5.89. The van der Waals surface area contributed by atoms with Gasteiger partial charge in [0.25, 0.3) is 0 Å². The van der Waals surface area contributed by atoms with Crippen molar-refractivity contribution in [1.29, 1.82) is 0 Å². The van der Waals surface area contributed by atoms with Crippen molar-refractivity contribution in [1.82, 2.24) is 9.97 Å². The molecule has 1 aliphatic rings. The molecule has 1 N–H and O–H groups in total. The Morgan fingerprint density at radius 2 is 2.00 bits per heavy atom. The van der Waals surface area contributed by atoms with Gasteiger partial charge in [0, 0.05) is 11.3 Å². The molecule has 0 saturated heterocycles. The highest BCUT2D eigenvalue weighted by atomic mass is 35.5. The molecule has 0 amide bonds. The normalized spacial score (nSPS) is 16.6. The lowest BCUT2D eigenvalue weighted by molar-refractivity contribution is 0.0997. The van der Waals surface area contributed by atoms with E-state index in [0.29, 0.717) is 13.2 Å². The quantitative estimate of drug-likeness (QED) is 0.883. The summed E-state index contributed by atoms with van der Waals surface area (Å²) in [6, 6.07) is 7.65. The Morgan fingerprint density at radius 1 is 1.24 bits per heavy atom. The van der Waals surface area contributed by atoms with Gasteiger partial charge in [-0.05, 0) is 37.6 Å². The van der Waals surface area contributed by atoms with Crippen molar-refractivity contribution in [2.75, 3.05) is 18.5 Å². The Bertz CT molecular complexity index is 663. The molecule has 0 radical (unpaired) electrons. The van der Waals surface area contributed by atoms with Gasteiger partial charge in [0.1, 0.15) is 18.5 Å². The first-order chi connectivity index (χ1) is 10.1. The van der Waals surface area contributed by atoms with E-state index in [4.69, 9.17) is 21.1 Å². The molecule has 5 nitrogen and oxygen atoms in total. The van der Waals surface area contributed by atoms with Crippen LogP contribution in [0, 0.1) is 13.8 Å². The molecule has 2 heterocycles. The molecule has 0 aliphatic carbocycles. The Morgan fingerprint density at radius 3 is 2.81 bits per heavy atom. The zero-order valence-corrected chi connectivity index (χ0v) is 12.6. The molecule has 0 saturated carbocycles. The summed E-state index contributed by atoms with van der Waals surface area (Å²) in [6.45, 7) is 4.95. The molecule has 1 atom stereocenters. The summed E-state index contributed by atoms with van der Waals surface area (Å²) >= 11 is 5.89. The SMILES string of the molecule is Cc1nc(Cl)nc(NCC2COc3ccccc3O2)c1C. The first-order valence-corrected chi connectivity index (χ1v) is 7.14. The first kappa shape index (κ1) is 13.9. The van der Waals surface area contributed by atoms with Crippen LogP contribution in [0.2, 0.25) is 5.28 Å². The number of fused-ring (bicyclic) bond motifs is 1. The minimum atomic E-state index is -0.0756. The van der Waals surface area contributed by atoms with Gasteiger partial charge in [-0.15, -0.1) is 0 Å². The number of halogens is 1. The van der Waals surface area contributed by atoms with E-state index in [2.05, 4.69) is 15.3 Å². The lowest BCUT2D eigenvalue weighted by Gasteiger charge is -2.26. The monoisotopic (exact) mass is 305 g/mol. The topological polar surface area (TPSA) is 56.3 Å². The number of para-hydroxylation sites is 2. The number of hydrogen-bond donors (Lipinski definition) is 1. The molecule has 21 heavy (non-hydrogen) atoms. The van der Waals surface area contributed by atoms with Crippen LogP contribution < -0.4 is 14.8 Å². The van der Waals surface area contributed by atoms with Gasteiger partial charge >= 0.3 is 0 Å². The average molecular weight is 306 g/mol. The highest BCUT2D eigenvalue weighted by molar-refractivity contribution is 6.28. The third kappa shape index (κ3) is 3.03. The number of rotatable bonds is 3. The summed E-state index contributed by atoms with van der Waals surface area (Å²) in [7, 11) is 0. The fourth-order valence-corrected chi connectivity index (χ4v) is 2.35. The number of hydrogen-bond acceptors (Lipinski definition) is 5. The first-order valence-electron chi connectivity index (χ1n) is 6.76. The minimum absolute atomic E-state index is 0.0756. The van der Waals surface area contributed by atoms with Gasteiger partial charge in [-0.25, -0.2) is 9.97 Å². The zero-order chi connectivity index (χ0) is 14.8. The highest BCUT2D eigenvalue weighted by Crippen LogP contribution is 2.31. The van der Waals surface area contributed by atoms with Crippen LogP contribution in [0.25, 0.3) is 0 Å². The number of nitrogens with zero attached hydrogens (tertiary/aromatic N) is 2. The van der Waals surface area contributed by atoms with E-state index < -0.39 is 0 Å². The molecule has 3 rings (SSSR count). The Hall–Kier alpha value is -2.01. The summed E-state index contributed by atoms with van der Waals surface area (Å²) in [5.41, 5.74) is 1.85. The Kier molecular flexibility index (Phi) is 3.84. The second-order valence-electron chi connectivity index (χ2n) is 4.93. The van der Waals surface area contributed by atoms with Crippen LogP contribution in [0.1, 0.15) is 11.3 Å². The maximum Gasteiger partial charge on any atom is 0.224 e. The van der Waals surface area contributed by atoms with E-state index in [1.165, 1.54) is 0 Å². The number of aryl methyl sites for hydroxylation is 1. The highest BCUT2D eigenvalue weighted by Gasteiger charge is 2.20. The molecule has 0 bridgehead atoms. The third-order valence-electron chi connectivity index (χ3n) is 3.43. The van der Waals surface area contributed by atoms with Gasteiger partial charge < -0.3 is 14.8 Å². The molecule has 2 aromatic rings. The van der Waals surface area contributed by atoms with Crippen LogP contribution in [0.3, 0.4) is 0 Å². The number of anilines is 1. The molecule has 1 unspecified atom stereocenters. The largest absolute Gasteiger partial charge is 0.486 e. The summed E-state index contributed by atoms with van der Waals surface area (Å²) < 4.78 is 11.6. The van der Waals surface area contributed by atoms with Gasteiger partial charge in [0.2, 0.25) is 5.28 Å². The van der Waals surface area contributed by atoms with Gasteiger partial charge in [-0.2, -0.15) is 0 Å². The van der Waals surface area contributed by atoms with Crippen molar-refractivity contribution in [2.45, 2.75) is 20.0 Å². The van der Waals surface area contributed by atoms with Crippen LogP contribution >= 0.6 is 11.6 Å². The molecule has 110 valence electrons. The van der Waals surface area contributed by atoms with Crippen molar-refractivity contribution in [3.63, 3.8) is 0 Å². The van der Waals surface area contributed by atoms with Crippen molar-refractivity contribution in [3.8, 4) is 11.5 Å². The lowest BCUT2D eigenvalue weighted by atomic mass is 10.2. The maximum absolute atomic E-state index is 5.89. The van der Waals surface area contributed by atoms with E-state index >= 15 is 0 Å². The smallest absolute Gasteiger partial charge is 0.224 e. The van der Waals surface area contributed by atoms with Crippen molar-refractivity contribution >= 4 is 17.4 Å². The van der Waals surface area contributed by atoms with Crippen LogP contribution in [0.4, 0.5) is 5.82 Å². The van der Waals surface area contributed by atoms with Crippen LogP contribution in [0.15, 0.2) is 24.3 Å². The van der Waals surface area contributed by atoms with Crippen molar-refractivity contribution < 1.29 is 9.47 Å². The van der Waals surface area contributed by atoms with Crippen LogP contribution in [-0.2, 0) is 0 Å². The van der Waals surface area contributed by atoms with Gasteiger partial charge in [-0.3, -0.25) is 0 Å². The summed E-state index contributed by atoms with van der Waals surface area (Å²) in [5, 5.41) is 3.50. The second kappa shape index (κ2) is 5.77. The van der Waals surface area contributed by atoms with E-state index in [9.17, 15) is 0 Å². The lowest BCUT2D eigenvalue weighted by Crippen LogP contribution is -2.35. The van der Waals surface area contributed by atoms with Gasteiger partial charge in [0.15, 0.2) is 11.5 Å². The number of nitrogens with one attached hydrogen (secondary N) is 1. The third-order valence-corrected chi connectivity index (χ3v) is 3.60. The van der Waals surface area contributed by atoms with E-state index in [0.717, 1.165) is 28.6 Å². The molecule has 0 spiro atoms. The van der Waals surface area contributed by atoms with Crippen molar-refractivity contribution in [2.24, 2.45) is 0 Å². The van der Waals surface area contributed by atoms with E-state index in [-0.39, 0.29) is 11.4 Å². The van der Waals surface area contributed by atoms with Crippen molar-refractivity contribution in [3.05, 3.63) is 40.8 Å². The Balaban J connectivity index is 1.67. The fraction of sp³-hybridized carbons (Fsp3) is 0.333. The molecular weight excluding hydrogens is 290 g/mol. The predicted octanol–water partition coefficient (Wildman–Crippen LogP) is 3.00.